The molecule has 0 bridgehead atoms. The molecule has 2 heterocycles. The third kappa shape index (κ3) is 4.60. The molecule has 0 aliphatic carbocycles. The number of nitrogens with zero attached hydrogens (tertiary/aromatic N) is 2. The molecule has 2 aromatic rings. The first-order chi connectivity index (χ1) is 12.3. The lowest BCUT2D eigenvalue weighted by Gasteiger charge is -2.32. The van der Waals surface area contributed by atoms with Gasteiger partial charge in [0.1, 0.15) is 5.82 Å². The Kier molecular flexibility index (Phi) is 5.59. The van der Waals surface area contributed by atoms with Crippen LogP contribution < -0.4 is 15.4 Å². The van der Waals surface area contributed by atoms with Crippen LogP contribution in [-0.2, 0) is 14.8 Å². The number of piperidine rings is 1. The third-order valence-corrected chi connectivity index (χ3v) is 5.75. The topological polar surface area (TPSA) is 105 Å². The minimum absolute atomic E-state index is 0.0193. The van der Waals surface area contributed by atoms with Gasteiger partial charge in [-0.3, -0.25) is 4.79 Å². The molecule has 1 aromatic carbocycles. The Morgan fingerprint density at radius 3 is 2.35 bits per heavy atom. The normalized spacial score (nSPS) is 15.7. The quantitative estimate of drug-likeness (QED) is 0.761. The van der Waals surface area contributed by atoms with Crippen LogP contribution in [0.5, 0.6) is 0 Å². The van der Waals surface area contributed by atoms with Crippen LogP contribution in [0.1, 0.15) is 12.8 Å². The SMILES string of the molecule is NS(=O)(=O)c1ccc(NC(=O)C2CCN(c3ccc(Br)cn3)CC2)cc1. The van der Waals surface area contributed by atoms with Crippen LogP contribution in [0.4, 0.5) is 11.5 Å². The number of carbonyl (C=O) groups is 1. The number of rotatable bonds is 4. The third-order valence-electron chi connectivity index (χ3n) is 4.35. The van der Waals surface area contributed by atoms with Gasteiger partial charge in [-0.2, -0.15) is 0 Å². The zero-order valence-corrected chi connectivity index (χ0v) is 16.3. The Bertz CT molecular complexity index is 877. The molecule has 0 atom stereocenters. The number of nitrogens with two attached hydrogens (primary N) is 1. The van der Waals surface area contributed by atoms with Crippen molar-refractivity contribution in [3.8, 4) is 0 Å². The number of hydrogen-bond acceptors (Lipinski definition) is 5. The lowest BCUT2D eigenvalue weighted by Crippen LogP contribution is -2.38. The zero-order valence-electron chi connectivity index (χ0n) is 13.9. The molecule has 0 saturated carbocycles. The van der Waals surface area contributed by atoms with Crippen molar-refractivity contribution in [2.24, 2.45) is 11.1 Å². The van der Waals surface area contributed by atoms with Crippen LogP contribution in [-0.4, -0.2) is 32.4 Å². The zero-order chi connectivity index (χ0) is 18.7. The van der Waals surface area contributed by atoms with Crippen molar-refractivity contribution in [1.29, 1.82) is 0 Å². The second-order valence-electron chi connectivity index (χ2n) is 6.15. The Hall–Kier alpha value is -1.97. The van der Waals surface area contributed by atoms with Crippen molar-refractivity contribution in [2.75, 3.05) is 23.3 Å². The summed E-state index contributed by atoms with van der Waals surface area (Å²) in [7, 11) is -3.73. The molecule has 0 unspecified atom stereocenters. The smallest absolute Gasteiger partial charge is 0.238 e. The van der Waals surface area contributed by atoms with Crippen molar-refractivity contribution in [2.45, 2.75) is 17.7 Å². The highest BCUT2D eigenvalue weighted by Gasteiger charge is 2.25. The summed E-state index contributed by atoms with van der Waals surface area (Å²) in [5.41, 5.74) is 0.555. The molecule has 1 fully saturated rings. The Labute approximate surface area is 160 Å². The van der Waals surface area contributed by atoms with Crippen LogP contribution in [0.2, 0.25) is 0 Å². The second-order valence-corrected chi connectivity index (χ2v) is 8.63. The number of hydrogen-bond donors (Lipinski definition) is 2. The van der Waals surface area contributed by atoms with E-state index in [0.29, 0.717) is 5.69 Å². The number of nitrogens with one attached hydrogen (secondary N) is 1. The number of anilines is 2. The average Bonchev–Trinajstić information content (AvgIpc) is 2.62. The minimum Gasteiger partial charge on any atom is -0.357 e. The number of halogens is 1. The number of primary sulfonamides is 1. The van der Waals surface area contributed by atoms with E-state index in [1.54, 1.807) is 18.3 Å². The fourth-order valence-electron chi connectivity index (χ4n) is 2.90. The van der Waals surface area contributed by atoms with E-state index in [9.17, 15) is 13.2 Å². The highest BCUT2D eigenvalue weighted by molar-refractivity contribution is 9.10. The van der Waals surface area contributed by atoms with Crippen molar-refractivity contribution < 1.29 is 13.2 Å². The van der Waals surface area contributed by atoms with E-state index in [4.69, 9.17) is 5.14 Å². The van der Waals surface area contributed by atoms with Crippen LogP contribution >= 0.6 is 15.9 Å². The Morgan fingerprint density at radius 2 is 1.81 bits per heavy atom. The number of sulfonamides is 1. The molecule has 1 aliphatic rings. The summed E-state index contributed by atoms with van der Waals surface area (Å²) >= 11 is 3.37. The maximum absolute atomic E-state index is 12.4. The molecule has 3 rings (SSSR count). The first-order valence-corrected chi connectivity index (χ1v) is 10.5. The molecule has 7 nitrogen and oxygen atoms in total. The van der Waals surface area contributed by atoms with E-state index in [-0.39, 0.29) is 16.7 Å². The lowest BCUT2D eigenvalue weighted by molar-refractivity contribution is -0.120. The number of amides is 1. The van der Waals surface area contributed by atoms with Crippen LogP contribution in [0.25, 0.3) is 0 Å². The van der Waals surface area contributed by atoms with E-state index < -0.39 is 10.0 Å². The predicted octanol–water partition coefficient (Wildman–Crippen LogP) is 2.35. The maximum Gasteiger partial charge on any atom is 0.238 e. The number of benzene rings is 1. The van der Waals surface area contributed by atoms with E-state index in [1.165, 1.54) is 12.1 Å². The summed E-state index contributed by atoms with van der Waals surface area (Å²) in [6.45, 7) is 1.52. The largest absolute Gasteiger partial charge is 0.357 e. The molecule has 0 radical (unpaired) electrons. The van der Waals surface area contributed by atoms with Gasteiger partial charge < -0.3 is 10.2 Å². The molecule has 1 saturated heterocycles. The van der Waals surface area contributed by atoms with Crippen molar-refractivity contribution in [3.05, 3.63) is 47.1 Å². The predicted molar refractivity (Wildman–Crippen MR) is 103 cm³/mol. The van der Waals surface area contributed by atoms with E-state index in [1.807, 2.05) is 12.1 Å². The van der Waals surface area contributed by atoms with Gasteiger partial charge in [0.15, 0.2) is 0 Å². The standard InChI is InChI=1S/C17H19BrN4O3S/c18-13-1-6-16(20-11-13)22-9-7-12(8-10-22)17(23)21-14-2-4-15(5-3-14)26(19,24)25/h1-6,11-12H,7-10H2,(H,21,23)(H2,19,24,25). The fourth-order valence-corrected chi connectivity index (χ4v) is 3.65. The molecular formula is C17H19BrN4O3S. The van der Waals surface area contributed by atoms with Gasteiger partial charge in [0.2, 0.25) is 15.9 Å². The number of aromatic nitrogens is 1. The molecular weight excluding hydrogens is 420 g/mol. The van der Waals surface area contributed by atoms with Gasteiger partial charge in [-0.15, -0.1) is 0 Å². The Morgan fingerprint density at radius 1 is 1.15 bits per heavy atom. The maximum atomic E-state index is 12.4. The molecule has 3 N–H and O–H groups in total. The molecule has 0 spiro atoms. The number of carbonyl (C=O) groups excluding carboxylic acids is 1. The van der Waals surface area contributed by atoms with Gasteiger partial charge in [0.25, 0.3) is 0 Å². The summed E-state index contributed by atoms with van der Waals surface area (Å²) in [5.74, 6) is 0.766. The highest BCUT2D eigenvalue weighted by Crippen LogP contribution is 2.24. The first-order valence-electron chi connectivity index (χ1n) is 8.13. The van der Waals surface area contributed by atoms with Crippen molar-refractivity contribution in [3.63, 3.8) is 0 Å². The van der Waals surface area contributed by atoms with Gasteiger partial charge in [0, 0.05) is 35.4 Å². The molecule has 138 valence electrons. The lowest BCUT2D eigenvalue weighted by atomic mass is 9.96. The van der Waals surface area contributed by atoms with E-state index in [2.05, 4.69) is 31.1 Å². The molecule has 26 heavy (non-hydrogen) atoms. The summed E-state index contributed by atoms with van der Waals surface area (Å²) < 4.78 is 23.5. The van der Waals surface area contributed by atoms with Gasteiger partial charge in [-0.1, -0.05) is 0 Å². The molecule has 1 amide bonds. The number of pyridine rings is 1. The van der Waals surface area contributed by atoms with Gasteiger partial charge in [-0.05, 0) is 65.2 Å². The van der Waals surface area contributed by atoms with Gasteiger partial charge in [0.05, 0.1) is 4.90 Å². The van der Waals surface area contributed by atoms with Gasteiger partial charge in [-0.25, -0.2) is 18.5 Å². The van der Waals surface area contributed by atoms with Gasteiger partial charge >= 0.3 is 0 Å². The van der Waals surface area contributed by atoms with Crippen molar-refractivity contribution in [1.82, 2.24) is 4.98 Å². The molecule has 9 heteroatoms. The van der Waals surface area contributed by atoms with E-state index >= 15 is 0 Å². The average molecular weight is 439 g/mol. The summed E-state index contributed by atoms with van der Waals surface area (Å²) in [5, 5.41) is 7.90. The highest BCUT2D eigenvalue weighted by atomic mass is 79.9. The van der Waals surface area contributed by atoms with E-state index in [0.717, 1.165) is 36.2 Å². The second kappa shape index (κ2) is 7.73. The van der Waals surface area contributed by atoms with Crippen LogP contribution in [0.15, 0.2) is 52.0 Å². The van der Waals surface area contributed by atoms with Crippen LogP contribution in [0, 0.1) is 5.92 Å². The fraction of sp³-hybridized carbons (Fsp3) is 0.294. The van der Waals surface area contributed by atoms with Crippen LogP contribution in [0.3, 0.4) is 0 Å². The summed E-state index contributed by atoms with van der Waals surface area (Å²) in [6.07, 6.45) is 3.23. The summed E-state index contributed by atoms with van der Waals surface area (Å²) in [6, 6.07) is 9.75. The minimum atomic E-state index is -3.73. The first kappa shape index (κ1) is 18.8. The summed E-state index contributed by atoms with van der Waals surface area (Å²) in [4.78, 5) is 19.0. The monoisotopic (exact) mass is 438 g/mol. The molecule has 1 aromatic heterocycles. The van der Waals surface area contributed by atoms with Crippen molar-refractivity contribution >= 4 is 43.4 Å². The molecule has 1 aliphatic heterocycles. The Balaban J connectivity index is 1.56.